The molecule has 2 aliphatic rings. The van der Waals surface area contributed by atoms with Crippen LogP contribution in [-0.4, -0.2) is 59.7 Å². The van der Waals surface area contributed by atoms with Crippen molar-refractivity contribution in [2.24, 2.45) is 0 Å². The number of rotatable bonds is 3. The zero-order valence-electron chi connectivity index (χ0n) is 10.8. The maximum Gasteiger partial charge on any atom is 0.0817 e. The minimum absolute atomic E-state index is 0.218. The van der Waals surface area contributed by atoms with Gasteiger partial charge in [-0.1, -0.05) is 12.8 Å². The molecule has 4 heteroatoms. The minimum Gasteiger partial charge on any atom is -0.391 e. The Bertz CT molecular complexity index is 241. The molecular weight excluding hydrogens is 218 g/mol. The van der Waals surface area contributed by atoms with Crippen LogP contribution in [0, 0.1) is 0 Å². The van der Waals surface area contributed by atoms with Crippen LogP contribution in [0.15, 0.2) is 0 Å². The van der Waals surface area contributed by atoms with Crippen molar-refractivity contribution in [3.63, 3.8) is 0 Å². The van der Waals surface area contributed by atoms with Crippen molar-refractivity contribution >= 4 is 0 Å². The van der Waals surface area contributed by atoms with Gasteiger partial charge in [0.05, 0.1) is 11.7 Å². The molecule has 4 nitrogen and oxygen atoms in total. The van der Waals surface area contributed by atoms with Crippen LogP contribution in [0.1, 0.15) is 38.5 Å². The highest BCUT2D eigenvalue weighted by molar-refractivity contribution is 4.89. The Labute approximate surface area is 104 Å². The summed E-state index contributed by atoms with van der Waals surface area (Å²) >= 11 is 0. The smallest absolute Gasteiger partial charge is 0.0817 e. The van der Waals surface area contributed by atoms with Gasteiger partial charge in [0.15, 0.2) is 0 Å². The van der Waals surface area contributed by atoms with Gasteiger partial charge in [0, 0.05) is 38.6 Å². The van der Waals surface area contributed by atoms with Gasteiger partial charge in [-0.2, -0.15) is 0 Å². The number of aliphatic hydroxyl groups is 2. The first kappa shape index (κ1) is 13.3. The van der Waals surface area contributed by atoms with Crippen LogP contribution in [0.25, 0.3) is 0 Å². The molecule has 2 fully saturated rings. The predicted octanol–water partition coefficient (Wildman–Crippen LogP) is 0.763. The zero-order chi connectivity index (χ0) is 12.3. The second-order valence-corrected chi connectivity index (χ2v) is 5.67. The molecular formula is C13H25NO3. The van der Waals surface area contributed by atoms with Gasteiger partial charge in [0.2, 0.25) is 0 Å². The molecule has 0 bridgehead atoms. The fourth-order valence-corrected chi connectivity index (χ4v) is 3.10. The molecule has 1 aliphatic heterocycles. The molecule has 0 aromatic rings. The standard InChI is InChI=1S/C13H25NO3/c1-14(11-4-2-3-5-12(11)15)10-13(16)6-8-17-9-7-13/h11-12,15-16H,2-10H2,1H3/t11-,12-/m0/s1. The third kappa shape index (κ3) is 3.41. The van der Waals surface area contributed by atoms with Gasteiger partial charge in [0.25, 0.3) is 0 Å². The van der Waals surface area contributed by atoms with E-state index in [1.54, 1.807) is 0 Å². The van der Waals surface area contributed by atoms with Gasteiger partial charge < -0.3 is 14.9 Å². The molecule has 0 aromatic carbocycles. The first-order chi connectivity index (χ1) is 8.11. The molecule has 2 N–H and O–H groups in total. The third-order valence-corrected chi connectivity index (χ3v) is 4.23. The molecule has 0 amide bonds. The lowest BCUT2D eigenvalue weighted by molar-refractivity contribution is -0.0908. The van der Waals surface area contributed by atoms with Crippen LogP contribution < -0.4 is 0 Å². The number of ether oxygens (including phenoxy) is 1. The van der Waals surface area contributed by atoms with Crippen molar-refractivity contribution < 1.29 is 14.9 Å². The molecule has 0 spiro atoms. The molecule has 1 saturated carbocycles. The quantitative estimate of drug-likeness (QED) is 0.768. The summed E-state index contributed by atoms with van der Waals surface area (Å²) in [5.74, 6) is 0. The topological polar surface area (TPSA) is 52.9 Å². The van der Waals surface area contributed by atoms with E-state index in [1.165, 1.54) is 6.42 Å². The highest BCUT2D eigenvalue weighted by Crippen LogP contribution is 2.26. The van der Waals surface area contributed by atoms with Crippen LogP contribution in [-0.2, 0) is 4.74 Å². The van der Waals surface area contributed by atoms with Crippen molar-refractivity contribution in [2.45, 2.75) is 56.3 Å². The van der Waals surface area contributed by atoms with Crippen molar-refractivity contribution in [1.82, 2.24) is 4.90 Å². The Hall–Kier alpha value is -0.160. The lowest BCUT2D eigenvalue weighted by Gasteiger charge is -2.41. The van der Waals surface area contributed by atoms with Gasteiger partial charge in [-0.25, -0.2) is 0 Å². The summed E-state index contributed by atoms with van der Waals surface area (Å²) in [5, 5.41) is 20.5. The molecule has 1 heterocycles. The minimum atomic E-state index is -0.621. The lowest BCUT2D eigenvalue weighted by Crippen LogP contribution is -2.52. The van der Waals surface area contributed by atoms with Crippen molar-refractivity contribution in [1.29, 1.82) is 0 Å². The van der Waals surface area contributed by atoms with Crippen LogP contribution in [0.4, 0.5) is 0 Å². The number of hydrogen-bond donors (Lipinski definition) is 2. The first-order valence-electron chi connectivity index (χ1n) is 6.79. The molecule has 1 aliphatic carbocycles. The van der Waals surface area contributed by atoms with E-state index in [-0.39, 0.29) is 12.1 Å². The fourth-order valence-electron chi connectivity index (χ4n) is 3.10. The van der Waals surface area contributed by atoms with E-state index >= 15 is 0 Å². The first-order valence-corrected chi connectivity index (χ1v) is 6.79. The van der Waals surface area contributed by atoms with E-state index < -0.39 is 5.60 Å². The summed E-state index contributed by atoms with van der Waals surface area (Å²) in [5.41, 5.74) is -0.621. The Morgan fingerprint density at radius 1 is 1.24 bits per heavy atom. The van der Waals surface area contributed by atoms with Gasteiger partial charge in [-0.15, -0.1) is 0 Å². The zero-order valence-corrected chi connectivity index (χ0v) is 10.8. The van der Waals surface area contributed by atoms with Gasteiger partial charge >= 0.3 is 0 Å². The largest absolute Gasteiger partial charge is 0.391 e. The predicted molar refractivity (Wildman–Crippen MR) is 65.9 cm³/mol. The number of hydrogen-bond acceptors (Lipinski definition) is 4. The van der Waals surface area contributed by atoms with Crippen LogP contribution in [0.2, 0.25) is 0 Å². The Morgan fingerprint density at radius 3 is 2.53 bits per heavy atom. The van der Waals surface area contributed by atoms with E-state index in [2.05, 4.69) is 4.90 Å². The molecule has 1 saturated heterocycles. The summed E-state index contributed by atoms with van der Waals surface area (Å²) in [6, 6.07) is 0.218. The Kier molecular flexibility index (Phi) is 4.42. The normalized spacial score (nSPS) is 33.9. The maximum atomic E-state index is 10.5. The van der Waals surface area contributed by atoms with E-state index in [9.17, 15) is 10.2 Å². The second-order valence-electron chi connectivity index (χ2n) is 5.67. The van der Waals surface area contributed by atoms with Gasteiger partial charge in [-0.05, 0) is 19.9 Å². The Morgan fingerprint density at radius 2 is 1.88 bits per heavy atom. The third-order valence-electron chi connectivity index (χ3n) is 4.23. The molecule has 2 atom stereocenters. The van der Waals surface area contributed by atoms with Crippen molar-refractivity contribution in [3.8, 4) is 0 Å². The highest BCUT2D eigenvalue weighted by Gasteiger charge is 2.35. The summed E-state index contributed by atoms with van der Waals surface area (Å²) in [6.07, 6.45) is 5.45. The Balaban J connectivity index is 1.88. The fraction of sp³-hybridized carbons (Fsp3) is 1.00. The van der Waals surface area contributed by atoms with Crippen molar-refractivity contribution in [2.75, 3.05) is 26.8 Å². The summed E-state index contributed by atoms with van der Waals surface area (Å²) < 4.78 is 5.29. The number of nitrogens with zero attached hydrogens (tertiary/aromatic N) is 1. The molecule has 0 unspecified atom stereocenters. The maximum absolute atomic E-state index is 10.5. The molecule has 0 radical (unpaired) electrons. The van der Waals surface area contributed by atoms with E-state index in [1.807, 2.05) is 7.05 Å². The molecule has 100 valence electrons. The van der Waals surface area contributed by atoms with Crippen LogP contribution in [0.5, 0.6) is 0 Å². The van der Waals surface area contributed by atoms with E-state index in [0.29, 0.717) is 32.6 Å². The van der Waals surface area contributed by atoms with Crippen molar-refractivity contribution in [3.05, 3.63) is 0 Å². The molecule has 17 heavy (non-hydrogen) atoms. The molecule has 0 aromatic heterocycles. The monoisotopic (exact) mass is 243 g/mol. The summed E-state index contributed by atoms with van der Waals surface area (Å²) in [7, 11) is 2.02. The summed E-state index contributed by atoms with van der Waals surface area (Å²) in [6.45, 7) is 1.95. The second kappa shape index (κ2) is 5.65. The van der Waals surface area contributed by atoms with Gasteiger partial charge in [-0.3, -0.25) is 4.90 Å². The van der Waals surface area contributed by atoms with E-state index in [4.69, 9.17) is 4.74 Å². The molecule has 2 rings (SSSR count). The summed E-state index contributed by atoms with van der Waals surface area (Å²) in [4.78, 5) is 2.15. The average Bonchev–Trinajstić information content (AvgIpc) is 2.29. The SMILES string of the molecule is CN(CC1(O)CCOCC1)[C@H]1CCCC[C@@H]1O. The highest BCUT2D eigenvalue weighted by atomic mass is 16.5. The van der Waals surface area contributed by atoms with Crippen LogP contribution in [0.3, 0.4) is 0 Å². The average molecular weight is 243 g/mol. The lowest BCUT2D eigenvalue weighted by atomic mass is 9.89. The van der Waals surface area contributed by atoms with E-state index in [0.717, 1.165) is 19.3 Å². The van der Waals surface area contributed by atoms with Crippen LogP contribution >= 0.6 is 0 Å². The number of likely N-dealkylation sites (N-methyl/N-ethyl adjacent to an activating group) is 1. The number of aliphatic hydroxyl groups excluding tert-OH is 1. The van der Waals surface area contributed by atoms with Gasteiger partial charge in [0.1, 0.15) is 0 Å².